The van der Waals surface area contributed by atoms with E-state index in [0.29, 0.717) is 5.02 Å². The number of hydrogen-bond donors (Lipinski definition) is 0. The molecular formula is C24H21ClN2O2. The smallest absolute Gasteiger partial charge is 0.213 e. The van der Waals surface area contributed by atoms with Gasteiger partial charge < -0.3 is 9.47 Å². The SMILES string of the molecule is COc1ccc(C2=NN3C(C2)c2cc(Cl)ccc2OC3c2ccc(C)cc2)cc1. The van der Waals surface area contributed by atoms with Crippen LogP contribution in [0.15, 0.2) is 71.8 Å². The highest BCUT2D eigenvalue weighted by Gasteiger charge is 2.41. The summed E-state index contributed by atoms with van der Waals surface area (Å²) < 4.78 is 11.7. The average molecular weight is 405 g/mol. The normalized spacial score (nSPS) is 19.8. The number of benzene rings is 3. The minimum Gasteiger partial charge on any atom is -0.497 e. The monoisotopic (exact) mass is 404 g/mol. The molecule has 2 aliphatic rings. The van der Waals surface area contributed by atoms with Gasteiger partial charge in [-0.15, -0.1) is 0 Å². The molecule has 0 saturated carbocycles. The molecule has 4 nitrogen and oxygen atoms in total. The summed E-state index contributed by atoms with van der Waals surface area (Å²) in [6.07, 6.45) is 0.524. The highest BCUT2D eigenvalue weighted by atomic mass is 35.5. The van der Waals surface area contributed by atoms with Gasteiger partial charge in [0.25, 0.3) is 0 Å². The van der Waals surface area contributed by atoms with Crippen molar-refractivity contribution in [1.29, 1.82) is 0 Å². The molecule has 0 aromatic heterocycles. The summed E-state index contributed by atoms with van der Waals surface area (Å²) in [6, 6.07) is 22.4. The predicted molar refractivity (Wildman–Crippen MR) is 115 cm³/mol. The number of nitrogens with zero attached hydrogens (tertiary/aromatic N) is 2. The Hall–Kier alpha value is -2.98. The van der Waals surface area contributed by atoms with Crippen LogP contribution in [-0.4, -0.2) is 17.8 Å². The first-order chi connectivity index (χ1) is 14.1. The summed E-state index contributed by atoms with van der Waals surface area (Å²) in [4.78, 5) is 0. The van der Waals surface area contributed by atoms with Crippen molar-refractivity contribution in [1.82, 2.24) is 5.01 Å². The van der Waals surface area contributed by atoms with Gasteiger partial charge in [0.15, 0.2) is 0 Å². The fraction of sp³-hybridized carbons (Fsp3) is 0.208. The lowest BCUT2D eigenvalue weighted by atomic mass is 9.96. The van der Waals surface area contributed by atoms with Gasteiger partial charge in [-0.05, 0) is 55.0 Å². The van der Waals surface area contributed by atoms with Crippen LogP contribution >= 0.6 is 11.6 Å². The van der Waals surface area contributed by atoms with Gasteiger partial charge in [0.2, 0.25) is 6.23 Å². The van der Waals surface area contributed by atoms with E-state index in [1.807, 2.05) is 30.3 Å². The third-order valence-electron chi connectivity index (χ3n) is 5.54. The van der Waals surface area contributed by atoms with E-state index < -0.39 is 0 Å². The Balaban J connectivity index is 1.57. The van der Waals surface area contributed by atoms with Gasteiger partial charge in [0.1, 0.15) is 11.5 Å². The Kier molecular flexibility index (Phi) is 4.44. The molecular weight excluding hydrogens is 384 g/mol. The predicted octanol–water partition coefficient (Wildman–Crippen LogP) is 5.90. The van der Waals surface area contributed by atoms with E-state index in [4.69, 9.17) is 26.2 Å². The Morgan fingerprint density at radius 3 is 2.52 bits per heavy atom. The summed E-state index contributed by atoms with van der Waals surface area (Å²) in [5, 5.41) is 7.77. The number of aryl methyl sites for hydroxylation is 1. The van der Waals surface area contributed by atoms with Crippen LogP contribution in [0.25, 0.3) is 0 Å². The summed E-state index contributed by atoms with van der Waals surface area (Å²) in [7, 11) is 1.67. The fourth-order valence-electron chi connectivity index (χ4n) is 3.97. The first kappa shape index (κ1) is 18.1. The molecule has 0 saturated heterocycles. The standard InChI is InChI=1S/C24H21ClN2O2/c1-15-3-5-17(6-4-15)24-27-22(20-13-18(25)9-12-23(20)29-24)14-21(26-27)16-7-10-19(28-2)11-8-16/h3-13,22,24H,14H2,1-2H3. The lowest BCUT2D eigenvalue weighted by Gasteiger charge is -2.38. The molecule has 29 heavy (non-hydrogen) atoms. The maximum Gasteiger partial charge on any atom is 0.213 e. The molecule has 0 fully saturated rings. The van der Waals surface area contributed by atoms with Crippen molar-refractivity contribution in [3.8, 4) is 11.5 Å². The Morgan fingerprint density at radius 2 is 1.79 bits per heavy atom. The largest absolute Gasteiger partial charge is 0.497 e. The zero-order chi connectivity index (χ0) is 20.0. The summed E-state index contributed by atoms with van der Waals surface area (Å²) in [5.41, 5.74) is 5.50. The van der Waals surface area contributed by atoms with E-state index in [0.717, 1.165) is 40.3 Å². The lowest BCUT2D eigenvalue weighted by Crippen LogP contribution is -2.33. The molecule has 2 heterocycles. The number of methoxy groups -OCH3 is 1. The van der Waals surface area contributed by atoms with Gasteiger partial charge in [-0.3, -0.25) is 0 Å². The van der Waals surface area contributed by atoms with Gasteiger partial charge in [0, 0.05) is 22.6 Å². The first-order valence-electron chi connectivity index (χ1n) is 9.65. The van der Waals surface area contributed by atoms with E-state index >= 15 is 0 Å². The summed E-state index contributed by atoms with van der Waals surface area (Å²) in [5.74, 6) is 1.70. The second-order valence-corrected chi connectivity index (χ2v) is 7.87. The first-order valence-corrected chi connectivity index (χ1v) is 10.0. The quantitative estimate of drug-likeness (QED) is 0.545. The Labute approximate surface area is 175 Å². The maximum absolute atomic E-state index is 6.39. The fourth-order valence-corrected chi connectivity index (χ4v) is 4.15. The van der Waals surface area contributed by atoms with Crippen molar-refractivity contribution >= 4 is 17.3 Å². The molecule has 0 radical (unpaired) electrons. The zero-order valence-corrected chi connectivity index (χ0v) is 17.1. The van der Waals surface area contributed by atoms with Crippen molar-refractivity contribution < 1.29 is 9.47 Å². The van der Waals surface area contributed by atoms with Crippen molar-refractivity contribution in [2.45, 2.75) is 25.6 Å². The molecule has 3 aromatic carbocycles. The van der Waals surface area contributed by atoms with E-state index in [-0.39, 0.29) is 12.3 Å². The number of hydrazone groups is 1. The third-order valence-corrected chi connectivity index (χ3v) is 5.77. The molecule has 0 bridgehead atoms. The van der Waals surface area contributed by atoms with Crippen molar-refractivity contribution in [2.75, 3.05) is 7.11 Å². The van der Waals surface area contributed by atoms with Gasteiger partial charge in [0.05, 0.1) is 18.9 Å². The van der Waals surface area contributed by atoms with Crippen molar-refractivity contribution in [3.05, 3.63) is 94.0 Å². The molecule has 3 aromatic rings. The van der Waals surface area contributed by atoms with Crippen molar-refractivity contribution in [2.24, 2.45) is 5.10 Å². The maximum atomic E-state index is 6.39. The van der Waals surface area contributed by atoms with E-state index in [1.165, 1.54) is 5.56 Å². The average Bonchev–Trinajstić information content (AvgIpc) is 3.20. The number of halogens is 1. The van der Waals surface area contributed by atoms with Crippen LogP contribution in [-0.2, 0) is 0 Å². The van der Waals surface area contributed by atoms with Crippen LogP contribution in [0.3, 0.4) is 0 Å². The topological polar surface area (TPSA) is 34.1 Å². The van der Waals surface area contributed by atoms with Crippen LogP contribution in [0.2, 0.25) is 5.02 Å². The van der Waals surface area contributed by atoms with Crippen LogP contribution in [0, 0.1) is 6.92 Å². The Bertz CT molecular complexity index is 1080. The van der Waals surface area contributed by atoms with E-state index in [9.17, 15) is 0 Å². The molecule has 0 amide bonds. The van der Waals surface area contributed by atoms with Gasteiger partial charge >= 0.3 is 0 Å². The molecule has 2 unspecified atom stereocenters. The van der Waals surface area contributed by atoms with Crippen LogP contribution in [0.5, 0.6) is 11.5 Å². The van der Waals surface area contributed by atoms with Crippen LogP contribution < -0.4 is 9.47 Å². The second-order valence-electron chi connectivity index (χ2n) is 7.44. The van der Waals surface area contributed by atoms with E-state index in [2.05, 4.69) is 48.3 Å². The number of fused-ring (bicyclic) bond motifs is 3. The van der Waals surface area contributed by atoms with Crippen LogP contribution in [0.4, 0.5) is 0 Å². The number of rotatable bonds is 3. The minimum absolute atomic E-state index is 0.0841. The molecule has 2 aliphatic heterocycles. The third kappa shape index (κ3) is 3.23. The highest BCUT2D eigenvalue weighted by molar-refractivity contribution is 6.30. The Morgan fingerprint density at radius 1 is 1.03 bits per heavy atom. The highest BCUT2D eigenvalue weighted by Crippen LogP contribution is 2.48. The molecule has 0 aliphatic carbocycles. The molecule has 146 valence electrons. The van der Waals surface area contributed by atoms with Gasteiger partial charge in [-0.25, -0.2) is 5.01 Å². The van der Waals surface area contributed by atoms with Crippen LogP contribution in [0.1, 0.15) is 40.9 Å². The number of hydrogen-bond acceptors (Lipinski definition) is 4. The lowest BCUT2D eigenvalue weighted by molar-refractivity contribution is -0.0190. The zero-order valence-electron chi connectivity index (χ0n) is 16.3. The molecule has 0 N–H and O–H groups in total. The molecule has 2 atom stereocenters. The van der Waals surface area contributed by atoms with Crippen molar-refractivity contribution in [3.63, 3.8) is 0 Å². The second kappa shape index (κ2) is 7.12. The molecule has 5 heteroatoms. The van der Waals surface area contributed by atoms with Gasteiger partial charge in [-0.2, -0.15) is 5.10 Å². The molecule has 5 rings (SSSR count). The summed E-state index contributed by atoms with van der Waals surface area (Å²) in [6.45, 7) is 2.08. The van der Waals surface area contributed by atoms with Gasteiger partial charge in [-0.1, -0.05) is 41.4 Å². The summed E-state index contributed by atoms with van der Waals surface area (Å²) >= 11 is 6.30. The van der Waals surface area contributed by atoms with E-state index in [1.54, 1.807) is 7.11 Å². The molecule has 0 spiro atoms. The minimum atomic E-state index is -0.273. The number of ether oxygens (including phenoxy) is 2.